The van der Waals surface area contributed by atoms with Gasteiger partial charge >= 0.3 is 5.97 Å². The van der Waals surface area contributed by atoms with Crippen molar-refractivity contribution in [3.63, 3.8) is 0 Å². The molecule has 0 aromatic heterocycles. The quantitative estimate of drug-likeness (QED) is 0.530. The van der Waals surface area contributed by atoms with Crippen molar-refractivity contribution in [2.24, 2.45) is 0 Å². The SMILES string of the molecule is C[C@H](NC(=O)COC(=O)CCC(=O)c1ccc2c(c1)OCCCO2)c1ccccc1. The molecule has 7 nitrogen and oxygen atoms in total. The Balaban J connectivity index is 1.41. The van der Waals surface area contributed by atoms with E-state index in [1.54, 1.807) is 18.2 Å². The van der Waals surface area contributed by atoms with Gasteiger partial charge in [-0.3, -0.25) is 14.4 Å². The molecule has 1 N–H and O–H groups in total. The standard InChI is InChI=1S/C23H25NO6/c1-16(17-6-3-2-4-7-17)24-22(26)15-30-23(27)11-9-19(25)18-8-10-20-21(14-18)29-13-5-12-28-20/h2-4,6-8,10,14,16H,5,9,11-13,15H2,1H3,(H,24,26)/t16-/m0/s1. The summed E-state index contributed by atoms with van der Waals surface area (Å²) in [6.45, 7) is 2.57. The molecule has 1 heterocycles. The molecule has 7 heteroatoms. The molecule has 1 aliphatic heterocycles. The van der Waals surface area contributed by atoms with Crippen LogP contribution in [-0.2, 0) is 14.3 Å². The van der Waals surface area contributed by atoms with Gasteiger partial charge in [0.1, 0.15) is 0 Å². The fourth-order valence-electron chi connectivity index (χ4n) is 3.02. The van der Waals surface area contributed by atoms with E-state index in [1.807, 2.05) is 37.3 Å². The third kappa shape index (κ3) is 6.07. The first-order chi connectivity index (χ1) is 14.5. The fourth-order valence-corrected chi connectivity index (χ4v) is 3.02. The number of esters is 1. The number of hydrogen-bond acceptors (Lipinski definition) is 6. The minimum Gasteiger partial charge on any atom is -0.490 e. The lowest BCUT2D eigenvalue weighted by Crippen LogP contribution is -2.31. The number of rotatable bonds is 8. The minimum absolute atomic E-state index is 0.0134. The van der Waals surface area contributed by atoms with Crippen molar-refractivity contribution in [3.8, 4) is 11.5 Å². The normalized spacial score (nSPS) is 13.6. The molecule has 0 unspecified atom stereocenters. The van der Waals surface area contributed by atoms with Gasteiger partial charge in [0.05, 0.1) is 25.7 Å². The van der Waals surface area contributed by atoms with Crippen LogP contribution in [0.15, 0.2) is 48.5 Å². The molecular weight excluding hydrogens is 386 g/mol. The van der Waals surface area contributed by atoms with Crippen LogP contribution in [-0.4, -0.2) is 37.5 Å². The van der Waals surface area contributed by atoms with Gasteiger partial charge in [0, 0.05) is 18.4 Å². The smallest absolute Gasteiger partial charge is 0.306 e. The number of Topliss-reactive ketones (excluding diaryl/α,β-unsaturated/α-hetero) is 1. The zero-order valence-corrected chi connectivity index (χ0v) is 16.9. The van der Waals surface area contributed by atoms with E-state index < -0.39 is 11.9 Å². The summed E-state index contributed by atoms with van der Waals surface area (Å²) in [5, 5.41) is 2.77. The largest absolute Gasteiger partial charge is 0.490 e. The number of nitrogens with one attached hydrogen (secondary N) is 1. The van der Waals surface area contributed by atoms with Crippen LogP contribution in [0.3, 0.4) is 0 Å². The predicted octanol–water partition coefficient (Wildman–Crippen LogP) is 3.23. The topological polar surface area (TPSA) is 90.9 Å². The molecule has 0 spiro atoms. The third-order valence-electron chi connectivity index (χ3n) is 4.67. The van der Waals surface area contributed by atoms with Crippen LogP contribution in [0.1, 0.15) is 48.1 Å². The Bertz CT molecular complexity index is 896. The van der Waals surface area contributed by atoms with E-state index >= 15 is 0 Å². The highest BCUT2D eigenvalue weighted by Crippen LogP contribution is 2.30. The molecule has 158 valence electrons. The maximum absolute atomic E-state index is 12.4. The zero-order valence-electron chi connectivity index (χ0n) is 16.9. The number of carbonyl (C=O) groups is 3. The summed E-state index contributed by atoms with van der Waals surface area (Å²) in [5.74, 6) is -0.0526. The maximum Gasteiger partial charge on any atom is 0.306 e. The highest BCUT2D eigenvalue weighted by atomic mass is 16.5. The Morgan fingerprint density at radius 2 is 1.73 bits per heavy atom. The Hall–Kier alpha value is -3.35. The van der Waals surface area contributed by atoms with Crippen LogP contribution in [0, 0.1) is 0 Å². The van der Waals surface area contributed by atoms with Gasteiger partial charge in [-0.25, -0.2) is 0 Å². The molecule has 1 aliphatic rings. The van der Waals surface area contributed by atoms with E-state index in [0.717, 1.165) is 12.0 Å². The second kappa shape index (κ2) is 10.4. The third-order valence-corrected chi connectivity index (χ3v) is 4.67. The van der Waals surface area contributed by atoms with Crippen molar-refractivity contribution in [2.75, 3.05) is 19.8 Å². The monoisotopic (exact) mass is 411 g/mol. The van der Waals surface area contributed by atoms with Gasteiger partial charge in [-0.1, -0.05) is 30.3 Å². The lowest BCUT2D eigenvalue weighted by molar-refractivity contribution is -0.148. The van der Waals surface area contributed by atoms with Gasteiger partial charge in [-0.2, -0.15) is 0 Å². The Morgan fingerprint density at radius 1 is 1.00 bits per heavy atom. The van der Waals surface area contributed by atoms with E-state index in [-0.39, 0.29) is 31.3 Å². The first-order valence-electron chi connectivity index (χ1n) is 9.95. The first kappa shape index (κ1) is 21.4. The van der Waals surface area contributed by atoms with Gasteiger partial charge in [-0.15, -0.1) is 0 Å². The molecule has 3 rings (SSSR count). The molecule has 0 radical (unpaired) electrons. The Morgan fingerprint density at radius 3 is 2.50 bits per heavy atom. The average Bonchev–Trinajstić information content (AvgIpc) is 3.01. The van der Waals surface area contributed by atoms with E-state index in [9.17, 15) is 14.4 Å². The van der Waals surface area contributed by atoms with E-state index in [2.05, 4.69) is 5.32 Å². The summed E-state index contributed by atoms with van der Waals surface area (Å²) < 4.78 is 16.1. The van der Waals surface area contributed by atoms with Crippen molar-refractivity contribution >= 4 is 17.7 Å². The summed E-state index contributed by atoms with van der Waals surface area (Å²) in [7, 11) is 0. The lowest BCUT2D eigenvalue weighted by atomic mass is 10.1. The van der Waals surface area contributed by atoms with Crippen LogP contribution in [0.4, 0.5) is 0 Å². The van der Waals surface area contributed by atoms with Crippen molar-refractivity contribution in [3.05, 3.63) is 59.7 Å². The zero-order chi connectivity index (χ0) is 21.3. The van der Waals surface area contributed by atoms with Crippen molar-refractivity contribution in [2.45, 2.75) is 32.2 Å². The Labute approximate surface area is 175 Å². The highest BCUT2D eigenvalue weighted by molar-refractivity contribution is 5.98. The molecule has 2 aromatic carbocycles. The highest BCUT2D eigenvalue weighted by Gasteiger charge is 2.16. The van der Waals surface area contributed by atoms with Crippen LogP contribution in [0.25, 0.3) is 0 Å². The number of carbonyl (C=O) groups excluding carboxylic acids is 3. The van der Waals surface area contributed by atoms with Crippen LogP contribution in [0.2, 0.25) is 0 Å². The van der Waals surface area contributed by atoms with E-state index in [0.29, 0.717) is 30.3 Å². The maximum atomic E-state index is 12.4. The molecule has 1 amide bonds. The van der Waals surface area contributed by atoms with Crippen molar-refractivity contribution in [1.82, 2.24) is 5.32 Å². The van der Waals surface area contributed by atoms with Crippen molar-refractivity contribution < 1.29 is 28.6 Å². The molecule has 2 aromatic rings. The molecule has 0 bridgehead atoms. The van der Waals surface area contributed by atoms with Gasteiger partial charge in [0.2, 0.25) is 0 Å². The number of amides is 1. The van der Waals surface area contributed by atoms with E-state index in [1.165, 1.54) is 0 Å². The molecular formula is C23H25NO6. The summed E-state index contributed by atoms with van der Waals surface area (Å²) in [6.07, 6.45) is 0.664. The first-order valence-corrected chi connectivity index (χ1v) is 9.95. The second-order valence-corrected chi connectivity index (χ2v) is 7.00. The minimum atomic E-state index is -0.597. The second-order valence-electron chi connectivity index (χ2n) is 7.00. The van der Waals surface area contributed by atoms with Crippen molar-refractivity contribution in [1.29, 1.82) is 0 Å². The fraction of sp³-hybridized carbons (Fsp3) is 0.348. The average molecular weight is 411 g/mol. The number of ketones is 1. The molecule has 0 aliphatic carbocycles. The lowest BCUT2D eigenvalue weighted by Gasteiger charge is -2.14. The number of ether oxygens (including phenoxy) is 3. The van der Waals surface area contributed by atoms with E-state index in [4.69, 9.17) is 14.2 Å². The number of hydrogen-bond donors (Lipinski definition) is 1. The molecule has 0 saturated heterocycles. The van der Waals surface area contributed by atoms with Gasteiger partial charge in [-0.05, 0) is 30.7 Å². The van der Waals surface area contributed by atoms with Gasteiger partial charge in [0.15, 0.2) is 23.9 Å². The predicted molar refractivity (Wildman–Crippen MR) is 110 cm³/mol. The van der Waals surface area contributed by atoms with Gasteiger partial charge < -0.3 is 19.5 Å². The molecule has 0 saturated carbocycles. The van der Waals surface area contributed by atoms with Crippen LogP contribution in [0.5, 0.6) is 11.5 Å². The van der Waals surface area contributed by atoms with Crippen LogP contribution >= 0.6 is 0 Å². The Kier molecular flexibility index (Phi) is 7.43. The summed E-state index contributed by atoms with van der Waals surface area (Å²) in [6, 6.07) is 14.3. The number of benzene rings is 2. The number of fused-ring (bicyclic) bond motifs is 1. The molecule has 30 heavy (non-hydrogen) atoms. The van der Waals surface area contributed by atoms with Gasteiger partial charge in [0.25, 0.3) is 5.91 Å². The summed E-state index contributed by atoms with van der Waals surface area (Å²) >= 11 is 0. The van der Waals surface area contributed by atoms with Crippen LogP contribution < -0.4 is 14.8 Å². The molecule has 0 fully saturated rings. The molecule has 1 atom stereocenters. The summed E-state index contributed by atoms with van der Waals surface area (Å²) in [5.41, 5.74) is 1.40. The summed E-state index contributed by atoms with van der Waals surface area (Å²) in [4.78, 5) is 36.3.